The number of hydrogen-bond acceptors (Lipinski definition) is 1. The molecule has 0 bridgehead atoms. The van der Waals surface area contributed by atoms with Gasteiger partial charge in [0, 0.05) is 21.2 Å². The van der Waals surface area contributed by atoms with Crippen LogP contribution in [0.1, 0.15) is 0 Å². The van der Waals surface area contributed by atoms with Gasteiger partial charge >= 0.3 is 0 Å². The van der Waals surface area contributed by atoms with Crippen LogP contribution in [-0.4, -0.2) is 0 Å². The molecule has 0 aliphatic heterocycles. The van der Waals surface area contributed by atoms with Crippen molar-refractivity contribution in [3.8, 4) is 11.1 Å². The fourth-order valence-electron chi connectivity index (χ4n) is 3.42. The fraction of sp³-hybridized carbons (Fsp3) is 0. The van der Waals surface area contributed by atoms with E-state index in [2.05, 4.69) is 42.5 Å². The number of para-hydroxylation sites is 1. The van der Waals surface area contributed by atoms with Gasteiger partial charge in [-0.3, -0.25) is 0 Å². The molecule has 24 heavy (non-hydrogen) atoms. The summed E-state index contributed by atoms with van der Waals surface area (Å²) in [5.74, 6) is 0. The van der Waals surface area contributed by atoms with Crippen LogP contribution in [0, 0.1) is 0 Å². The minimum absolute atomic E-state index is 0.782. The lowest BCUT2D eigenvalue weighted by atomic mass is 9.97. The van der Waals surface area contributed by atoms with E-state index < -0.39 is 0 Å². The highest BCUT2D eigenvalue weighted by Gasteiger charge is 2.10. The zero-order chi connectivity index (χ0) is 16.1. The number of fused-ring (bicyclic) bond motifs is 4. The Morgan fingerprint density at radius 3 is 2.29 bits per heavy atom. The predicted molar refractivity (Wildman–Crippen MR) is 102 cm³/mol. The third-order valence-corrected chi connectivity index (χ3v) is 4.89. The van der Waals surface area contributed by atoms with Crippen molar-refractivity contribution < 1.29 is 4.42 Å². The highest BCUT2D eigenvalue weighted by atomic mass is 35.5. The lowest BCUT2D eigenvalue weighted by Gasteiger charge is -2.08. The second-order valence-electron chi connectivity index (χ2n) is 5.95. The number of furan rings is 1. The first-order chi connectivity index (χ1) is 11.8. The van der Waals surface area contributed by atoms with Gasteiger partial charge in [-0.25, -0.2) is 0 Å². The first kappa shape index (κ1) is 13.6. The highest BCUT2D eigenvalue weighted by molar-refractivity contribution is 6.36. The Hall–Kier alpha value is -2.77. The van der Waals surface area contributed by atoms with Crippen LogP contribution in [0.15, 0.2) is 83.3 Å². The van der Waals surface area contributed by atoms with E-state index in [1.165, 1.54) is 11.1 Å². The maximum Gasteiger partial charge on any atom is 0.135 e. The van der Waals surface area contributed by atoms with Crippen LogP contribution in [0.3, 0.4) is 0 Å². The molecule has 0 aliphatic carbocycles. The summed E-state index contributed by atoms with van der Waals surface area (Å²) in [6, 6.07) is 26.8. The summed E-state index contributed by atoms with van der Waals surface area (Å²) in [7, 11) is 0. The van der Waals surface area contributed by atoms with Crippen molar-refractivity contribution in [1.82, 2.24) is 0 Å². The van der Waals surface area contributed by atoms with E-state index in [0.717, 1.165) is 37.7 Å². The molecule has 0 aliphatic rings. The second kappa shape index (κ2) is 5.12. The van der Waals surface area contributed by atoms with Crippen LogP contribution >= 0.6 is 11.6 Å². The Labute approximate surface area is 144 Å². The van der Waals surface area contributed by atoms with Crippen molar-refractivity contribution >= 4 is 44.3 Å². The minimum Gasteiger partial charge on any atom is -0.456 e. The molecule has 0 saturated carbocycles. The molecular weight excluding hydrogens is 316 g/mol. The van der Waals surface area contributed by atoms with Crippen molar-refractivity contribution in [3.05, 3.63) is 83.9 Å². The van der Waals surface area contributed by atoms with Gasteiger partial charge in [0.05, 0.1) is 0 Å². The standard InChI is InChI=1S/C22H13ClO/c23-20-9-4-7-16-15(6-3-8-17(16)20)14-11-12-22-19(13-14)18-5-1-2-10-21(18)24-22/h1-13H. The van der Waals surface area contributed by atoms with Crippen molar-refractivity contribution in [2.75, 3.05) is 0 Å². The SMILES string of the molecule is Clc1cccc2c(-c3ccc4oc5ccccc5c4c3)cccc12. The third kappa shape index (κ3) is 1.95. The Bertz CT molecular complexity index is 1220. The molecule has 1 nitrogen and oxygen atoms in total. The molecule has 0 unspecified atom stereocenters. The third-order valence-electron chi connectivity index (χ3n) is 4.56. The molecule has 4 aromatic carbocycles. The van der Waals surface area contributed by atoms with Crippen molar-refractivity contribution in [1.29, 1.82) is 0 Å². The van der Waals surface area contributed by atoms with Crippen LogP contribution in [0.25, 0.3) is 43.8 Å². The summed E-state index contributed by atoms with van der Waals surface area (Å²) >= 11 is 6.36. The zero-order valence-corrected chi connectivity index (χ0v) is 13.5. The summed E-state index contributed by atoms with van der Waals surface area (Å²) < 4.78 is 5.93. The van der Waals surface area contributed by atoms with Crippen LogP contribution in [0.2, 0.25) is 5.02 Å². The molecule has 0 radical (unpaired) electrons. The van der Waals surface area contributed by atoms with Crippen LogP contribution in [0.5, 0.6) is 0 Å². The molecule has 5 rings (SSSR count). The number of hydrogen-bond donors (Lipinski definition) is 0. The summed E-state index contributed by atoms with van der Waals surface area (Å²) in [6.07, 6.45) is 0. The average molecular weight is 329 g/mol. The largest absolute Gasteiger partial charge is 0.456 e. The van der Waals surface area contributed by atoms with Gasteiger partial charge in [-0.15, -0.1) is 0 Å². The Kier molecular flexibility index (Phi) is 2.91. The molecule has 114 valence electrons. The van der Waals surface area contributed by atoms with E-state index in [1.54, 1.807) is 0 Å². The summed E-state index contributed by atoms with van der Waals surface area (Å²) in [5.41, 5.74) is 4.19. The second-order valence-corrected chi connectivity index (χ2v) is 6.36. The summed E-state index contributed by atoms with van der Waals surface area (Å²) in [5, 5.41) is 5.31. The molecular formula is C22H13ClO. The lowest BCUT2D eigenvalue weighted by molar-refractivity contribution is 0.669. The number of benzene rings is 4. The molecule has 5 aromatic rings. The summed E-state index contributed by atoms with van der Waals surface area (Å²) in [6.45, 7) is 0. The molecule has 0 saturated heterocycles. The van der Waals surface area contributed by atoms with E-state index in [0.29, 0.717) is 0 Å². The maximum atomic E-state index is 6.36. The van der Waals surface area contributed by atoms with Crippen molar-refractivity contribution in [2.45, 2.75) is 0 Å². The van der Waals surface area contributed by atoms with Crippen molar-refractivity contribution in [2.24, 2.45) is 0 Å². The topological polar surface area (TPSA) is 13.1 Å². The van der Waals surface area contributed by atoms with Gasteiger partial charge < -0.3 is 4.42 Å². The smallest absolute Gasteiger partial charge is 0.135 e. The molecule has 0 amide bonds. The zero-order valence-electron chi connectivity index (χ0n) is 12.8. The van der Waals surface area contributed by atoms with Crippen LogP contribution in [0.4, 0.5) is 0 Å². The Balaban J connectivity index is 1.84. The first-order valence-corrected chi connectivity index (χ1v) is 8.28. The first-order valence-electron chi connectivity index (χ1n) is 7.90. The molecule has 1 aromatic heterocycles. The Morgan fingerprint density at radius 1 is 0.583 bits per heavy atom. The monoisotopic (exact) mass is 328 g/mol. The number of rotatable bonds is 1. The molecule has 1 heterocycles. The van der Waals surface area contributed by atoms with Crippen LogP contribution in [-0.2, 0) is 0 Å². The minimum atomic E-state index is 0.782. The lowest BCUT2D eigenvalue weighted by Crippen LogP contribution is -1.82. The van der Waals surface area contributed by atoms with E-state index >= 15 is 0 Å². The molecule has 0 atom stereocenters. The van der Waals surface area contributed by atoms with Gasteiger partial charge in [-0.2, -0.15) is 0 Å². The van der Waals surface area contributed by atoms with Crippen molar-refractivity contribution in [3.63, 3.8) is 0 Å². The quantitative estimate of drug-likeness (QED) is 0.321. The molecule has 0 spiro atoms. The average Bonchev–Trinajstić information content (AvgIpc) is 2.99. The van der Waals surface area contributed by atoms with Gasteiger partial charge in [-0.05, 0) is 40.8 Å². The fourth-order valence-corrected chi connectivity index (χ4v) is 3.65. The highest BCUT2D eigenvalue weighted by Crippen LogP contribution is 2.36. The summed E-state index contributed by atoms with van der Waals surface area (Å²) in [4.78, 5) is 0. The van der Waals surface area contributed by atoms with Gasteiger partial charge in [0.2, 0.25) is 0 Å². The normalized spacial score (nSPS) is 11.5. The molecule has 0 fully saturated rings. The van der Waals surface area contributed by atoms with Gasteiger partial charge in [0.25, 0.3) is 0 Å². The van der Waals surface area contributed by atoms with Gasteiger partial charge in [0.15, 0.2) is 0 Å². The van der Waals surface area contributed by atoms with E-state index in [4.69, 9.17) is 16.0 Å². The van der Waals surface area contributed by atoms with E-state index in [-0.39, 0.29) is 0 Å². The van der Waals surface area contributed by atoms with E-state index in [9.17, 15) is 0 Å². The van der Waals surface area contributed by atoms with Gasteiger partial charge in [-0.1, -0.05) is 66.2 Å². The van der Waals surface area contributed by atoms with Gasteiger partial charge in [0.1, 0.15) is 11.2 Å². The van der Waals surface area contributed by atoms with Crippen LogP contribution < -0.4 is 0 Å². The number of halogens is 1. The molecule has 0 N–H and O–H groups in total. The predicted octanol–water partition coefficient (Wildman–Crippen LogP) is 7.06. The Morgan fingerprint density at radius 2 is 1.33 bits per heavy atom. The molecule has 2 heteroatoms. The maximum absolute atomic E-state index is 6.36. The van der Waals surface area contributed by atoms with E-state index in [1.807, 2.05) is 36.4 Å².